The van der Waals surface area contributed by atoms with Crippen LogP contribution in [-0.4, -0.2) is 12.7 Å². The Hall–Kier alpha value is -1.60. The lowest BCUT2D eigenvalue weighted by molar-refractivity contribution is -0.287. The SMILES string of the molecule is Cc1cc(C(C)C)cc(OC(F)(F)F)c1OC(F)(F)F. The number of hydrogen-bond acceptors (Lipinski definition) is 2. The third-order valence-electron chi connectivity index (χ3n) is 2.37. The van der Waals surface area contributed by atoms with E-state index in [1.54, 1.807) is 13.8 Å². The summed E-state index contributed by atoms with van der Waals surface area (Å²) in [6.07, 6.45) is -10.2. The van der Waals surface area contributed by atoms with Gasteiger partial charge < -0.3 is 9.47 Å². The van der Waals surface area contributed by atoms with Crippen LogP contribution in [-0.2, 0) is 0 Å². The van der Waals surface area contributed by atoms with Crippen molar-refractivity contribution in [2.45, 2.75) is 39.4 Å². The first kappa shape index (κ1) is 16.5. The second-order valence-electron chi connectivity index (χ2n) is 4.42. The van der Waals surface area contributed by atoms with Crippen molar-refractivity contribution < 1.29 is 35.8 Å². The van der Waals surface area contributed by atoms with Gasteiger partial charge in [-0.05, 0) is 30.0 Å². The van der Waals surface area contributed by atoms with Crippen LogP contribution in [0.2, 0.25) is 0 Å². The molecule has 0 saturated heterocycles. The molecule has 0 aliphatic carbocycles. The van der Waals surface area contributed by atoms with Gasteiger partial charge in [0.15, 0.2) is 11.5 Å². The molecule has 0 fully saturated rings. The molecular weight excluding hydrogens is 290 g/mol. The summed E-state index contributed by atoms with van der Waals surface area (Å²) in [5.74, 6) is -2.16. The first-order valence-corrected chi connectivity index (χ1v) is 5.55. The predicted molar refractivity (Wildman–Crippen MR) is 58.6 cm³/mol. The highest BCUT2D eigenvalue weighted by molar-refractivity contribution is 5.50. The molecule has 0 aliphatic heterocycles. The summed E-state index contributed by atoms with van der Waals surface area (Å²) in [4.78, 5) is 0. The molecule has 0 radical (unpaired) electrons. The Morgan fingerprint density at radius 1 is 0.900 bits per heavy atom. The largest absolute Gasteiger partial charge is 0.573 e. The van der Waals surface area contributed by atoms with E-state index in [-0.39, 0.29) is 11.5 Å². The van der Waals surface area contributed by atoms with E-state index in [4.69, 9.17) is 0 Å². The molecular formula is C12H12F6O2. The minimum Gasteiger partial charge on any atom is -0.402 e. The van der Waals surface area contributed by atoms with Gasteiger partial charge in [-0.1, -0.05) is 19.9 Å². The Morgan fingerprint density at radius 3 is 1.80 bits per heavy atom. The van der Waals surface area contributed by atoms with Gasteiger partial charge in [-0.15, -0.1) is 26.3 Å². The Morgan fingerprint density at radius 2 is 1.40 bits per heavy atom. The van der Waals surface area contributed by atoms with Crippen LogP contribution in [0.5, 0.6) is 11.5 Å². The summed E-state index contributed by atoms with van der Waals surface area (Å²) in [5.41, 5.74) is 0.323. The summed E-state index contributed by atoms with van der Waals surface area (Å²) < 4.78 is 80.7. The molecule has 20 heavy (non-hydrogen) atoms. The molecule has 0 atom stereocenters. The molecule has 0 aliphatic rings. The van der Waals surface area contributed by atoms with E-state index in [2.05, 4.69) is 9.47 Å². The van der Waals surface area contributed by atoms with Crippen molar-refractivity contribution in [2.75, 3.05) is 0 Å². The normalized spacial score (nSPS) is 12.7. The average Bonchev–Trinajstić information content (AvgIpc) is 2.18. The fourth-order valence-corrected chi connectivity index (χ4v) is 1.55. The van der Waals surface area contributed by atoms with Crippen LogP contribution >= 0.6 is 0 Å². The zero-order chi connectivity index (χ0) is 15.7. The van der Waals surface area contributed by atoms with Crippen LogP contribution in [0.15, 0.2) is 12.1 Å². The van der Waals surface area contributed by atoms with Crippen molar-refractivity contribution in [3.05, 3.63) is 23.3 Å². The minimum absolute atomic E-state index is 0.0900. The molecule has 0 aromatic heterocycles. The second-order valence-corrected chi connectivity index (χ2v) is 4.42. The van der Waals surface area contributed by atoms with Crippen molar-refractivity contribution in [1.82, 2.24) is 0 Å². The van der Waals surface area contributed by atoms with E-state index in [1.807, 2.05) is 0 Å². The standard InChI is InChI=1S/C12H12F6O2/c1-6(2)8-4-7(3)10(20-12(16,17)18)9(5-8)19-11(13,14)15/h4-6H,1-3H3. The molecule has 8 heteroatoms. The molecule has 1 aromatic carbocycles. The topological polar surface area (TPSA) is 18.5 Å². The third kappa shape index (κ3) is 4.82. The lowest BCUT2D eigenvalue weighted by Crippen LogP contribution is -2.22. The maximum Gasteiger partial charge on any atom is 0.573 e. The highest BCUT2D eigenvalue weighted by Gasteiger charge is 2.37. The van der Waals surface area contributed by atoms with Crippen LogP contribution in [0.25, 0.3) is 0 Å². The molecule has 1 rings (SSSR count). The van der Waals surface area contributed by atoms with Gasteiger partial charge in [0.05, 0.1) is 0 Å². The van der Waals surface area contributed by atoms with Crippen molar-refractivity contribution in [3.63, 3.8) is 0 Å². The molecule has 0 heterocycles. The lowest BCUT2D eigenvalue weighted by atomic mass is 10.00. The van der Waals surface area contributed by atoms with Crippen LogP contribution in [0, 0.1) is 6.92 Å². The summed E-state index contributed by atoms with van der Waals surface area (Å²) in [6, 6.07) is 2.22. The zero-order valence-electron chi connectivity index (χ0n) is 10.8. The van der Waals surface area contributed by atoms with Crippen LogP contribution < -0.4 is 9.47 Å². The molecule has 0 unspecified atom stereocenters. The van der Waals surface area contributed by atoms with E-state index in [0.717, 1.165) is 6.07 Å². The first-order chi connectivity index (χ1) is 8.89. The first-order valence-electron chi connectivity index (χ1n) is 5.55. The summed E-state index contributed by atoms with van der Waals surface area (Å²) >= 11 is 0. The number of benzene rings is 1. The molecule has 114 valence electrons. The van der Waals surface area contributed by atoms with E-state index >= 15 is 0 Å². The Balaban J connectivity index is 3.32. The average molecular weight is 302 g/mol. The van der Waals surface area contributed by atoms with Crippen LogP contribution in [0.1, 0.15) is 30.9 Å². The monoisotopic (exact) mass is 302 g/mol. The van der Waals surface area contributed by atoms with Gasteiger partial charge in [0, 0.05) is 0 Å². The number of halogens is 6. The van der Waals surface area contributed by atoms with Gasteiger partial charge in [-0.25, -0.2) is 0 Å². The molecule has 0 amide bonds. The Labute approximate surface area is 111 Å². The number of rotatable bonds is 3. The molecule has 0 spiro atoms. The van der Waals surface area contributed by atoms with Gasteiger partial charge in [-0.3, -0.25) is 0 Å². The zero-order valence-corrected chi connectivity index (χ0v) is 10.8. The van der Waals surface area contributed by atoms with E-state index in [0.29, 0.717) is 5.56 Å². The van der Waals surface area contributed by atoms with Crippen molar-refractivity contribution >= 4 is 0 Å². The van der Waals surface area contributed by atoms with E-state index < -0.39 is 24.2 Å². The summed E-state index contributed by atoms with van der Waals surface area (Å²) in [6.45, 7) is 4.60. The summed E-state index contributed by atoms with van der Waals surface area (Å²) in [5, 5.41) is 0. The van der Waals surface area contributed by atoms with Crippen molar-refractivity contribution in [3.8, 4) is 11.5 Å². The van der Waals surface area contributed by atoms with Gasteiger partial charge in [0.25, 0.3) is 0 Å². The highest BCUT2D eigenvalue weighted by atomic mass is 19.4. The molecule has 1 aromatic rings. The Kier molecular flexibility index (Phi) is 4.45. The number of aryl methyl sites for hydroxylation is 1. The molecule has 0 bridgehead atoms. The fourth-order valence-electron chi connectivity index (χ4n) is 1.55. The van der Waals surface area contributed by atoms with E-state index in [1.165, 1.54) is 13.0 Å². The minimum atomic E-state index is -5.11. The number of alkyl halides is 6. The highest BCUT2D eigenvalue weighted by Crippen LogP contribution is 2.40. The van der Waals surface area contributed by atoms with Crippen LogP contribution in [0.4, 0.5) is 26.3 Å². The lowest BCUT2D eigenvalue weighted by Gasteiger charge is -2.19. The van der Waals surface area contributed by atoms with Gasteiger partial charge in [0.2, 0.25) is 0 Å². The molecule has 0 saturated carbocycles. The van der Waals surface area contributed by atoms with Gasteiger partial charge in [-0.2, -0.15) is 0 Å². The number of ether oxygens (including phenoxy) is 2. The number of hydrogen-bond donors (Lipinski definition) is 0. The van der Waals surface area contributed by atoms with E-state index in [9.17, 15) is 26.3 Å². The quantitative estimate of drug-likeness (QED) is 0.738. The van der Waals surface area contributed by atoms with Crippen molar-refractivity contribution in [1.29, 1.82) is 0 Å². The predicted octanol–water partition coefficient (Wildman–Crippen LogP) is 4.92. The van der Waals surface area contributed by atoms with Crippen molar-refractivity contribution in [2.24, 2.45) is 0 Å². The second kappa shape index (κ2) is 5.41. The maximum absolute atomic E-state index is 12.3. The molecule has 2 nitrogen and oxygen atoms in total. The molecule has 0 N–H and O–H groups in total. The van der Waals surface area contributed by atoms with Crippen LogP contribution in [0.3, 0.4) is 0 Å². The van der Waals surface area contributed by atoms with Gasteiger partial charge in [0.1, 0.15) is 0 Å². The summed E-state index contributed by atoms with van der Waals surface area (Å²) in [7, 11) is 0. The third-order valence-corrected chi connectivity index (χ3v) is 2.37. The fraction of sp³-hybridized carbons (Fsp3) is 0.500. The smallest absolute Gasteiger partial charge is 0.402 e. The van der Waals surface area contributed by atoms with Gasteiger partial charge >= 0.3 is 12.7 Å². The Bertz CT molecular complexity index is 476. The maximum atomic E-state index is 12.3.